The topological polar surface area (TPSA) is 107 Å². The number of pyridine rings is 1. The molecule has 0 aliphatic heterocycles. The van der Waals surface area contributed by atoms with Gasteiger partial charge in [0.05, 0.1) is 17.1 Å². The minimum absolute atomic E-state index is 0.172. The van der Waals surface area contributed by atoms with Gasteiger partial charge < -0.3 is 15.8 Å². The van der Waals surface area contributed by atoms with Crippen molar-refractivity contribution in [1.82, 2.24) is 14.8 Å². The lowest BCUT2D eigenvalue weighted by Crippen LogP contribution is -2.21. The Labute approximate surface area is 208 Å². The van der Waals surface area contributed by atoms with Gasteiger partial charge in [-0.15, -0.1) is 11.8 Å². The van der Waals surface area contributed by atoms with Crippen molar-refractivity contribution < 1.29 is 9.53 Å². The summed E-state index contributed by atoms with van der Waals surface area (Å²) in [6, 6.07) is 20.1. The number of carbonyl (C=O) groups is 1. The Hall–Kier alpha value is -3.98. The van der Waals surface area contributed by atoms with Crippen molar-refractivity contribution >= 4 is 35.1 Å². The second kappa shape index (κ2) is 10.1. The van der Waals surface area contributed by atoms with Gasteiger partial charge >= 0.3 is 6.03 Å². The molecule has 2 aromatic heterocycles. The first-order valence-electron chi connectivity index (χ1n) is 11.0. The number of amides is 2. The molecule has 0 aliphatic rings. The predicted octanol–water partition coefficient (Wildman–Crippen LogP) is 6.31. The monoisotopic (exact) mass is 488 g/mol. The zero-order chi connectivity index (χ0) is 25.0. The minimum atomic E-state index is -0.367. The van der Waals surface area contributed by atoms with E-state index >= 15 is 0 Å². The van der Waals surface area contributed by atoms with Gasteiger partial charge in [-0.1, -0.05) is 39.0 Å². The number of hydrogen-bond acceptors (Lipinski definition) is 6. The molecule has 0 aliphatic carbocycles. The smallest absolute Gasteiger partial charge is 0.324 e. The van der Waals surface area contributed by atoms with Crippen LogP contribution >= 0.6 is 11.8 Å². The summed E-state index contributed by atoms with van der Waals surface area (Å²) in [6.45, 7) is 6.26. The highest BCUT2D eigenvalue weighted by Gasteiger charge is 2.21. The van der Waals surface area contributed by atoms with E-state index in [1.165, 1.54) is 11.8 Å². The molecule has 2 aromatic carbocycles. The Balaban J connectivity index is 1.54. The molecule has 2 amide bonds. The summed E-state index contributed by atoms with van der Waals surface area (Å²) in [7, 11) is 0. The summed E-state index contributed by atoms with van der Waals surface area (Å²) >= 11 is 1.50. The van der Waals surface area contributed by atoms with Gasteiger partial charge in [-0.25, -0.2) is 14.5 Å². The average molecular weight is 489 g/mol. The van der Waals surface area contributed by atoms with Crippen LogP contribution in [0.15, 0.2) is 77.8 Å². The number of urea groups is 1. The molecule has 0 saturated carbocycles. The number of thioether (sulfide) groups is 1. The number of benzene rings is 2. The van der Waals surface area contributed by atoms with Crippen LogP contribution in [0.3, 0.4) is 0 Å². The second-order valence-corrected chi connectivity index (χ2v) is 9.72. The van der Waals surface area contributed by atoms with Crippen molar-refractivity contribution in [1.29, 1.82) is 0 Å². The Morgan fingerprint density at radius 3 is 2.43 bits per heavy atom. The van der Waals surface area contributed by atoms with Crippen molar-refractivity contribution in [2.24, 2.45) is 0 Å². The number of aromatic nitrogens is 3. The van der Waals surface area contributed by atoms with E-state index in [0.717, 1.165) is 16.3 Å². The van der Waals surface area contributed by atoms with Crippen LogP contribution in [0.5, 0.6) is 11.5 Å². The highest BCUT2D eigenvalue weighted by Crippen LogP contribution is 2.32. The maximum atomic E-state index is 13.0. The number of nitrogens with zero attached hydrogens (tertiary/aromatic N) is 3. The molecule has 9 heteroatoms. The van der Waals surface area contributed by atoms with Gasteiger partial charge in [-0.05, 0) is 42.7 Å². The van der Waals surface area contributed by atoms with E-state index in [1.807, 2.05) is 48.7 Å². The summed E-state index contributed by atoms with van der Waals surface area (Å²) in [6.07, 6.45) is 3.53. The SMILES string of the molecule is CSc1cc(Oc2ccnc(N)c2)ccc1NC(=O)Nc1cc(C(C)(C)C)nn1-c1ccccc1. The number of nitrogens with two attached hydrogens (primary N) is 1. The lowest BCUT2D eigenvalue weighted by molar-refractivity contribution is 0.262. The third kappa shape index (κ3) is 5.93. The Morgan fingerprint density at radius 1 is 1.00 bits per heavy atom. The predicted molar refractivity (Wildman–Crippen MR) is 142 cm³/mol. The zero-order valence-electron chi connectivity index (χ0n) is 20.1. The number of carbonyl (C=O) groups excluding carboxylic acids is 1. The molecule has 180 valence electrons. The minimum Gasteiger partial charge on any atom is -0.457 e. The lowest BCUT2D eigenvalue weighted by atomic mass is 9.92. The normalized spacial score (nSPS) is 11.2. The maximum absolute atomic E-state index is 13.0. The van der Waals surface area contributed by atoms with Crippen molar-refractivity contribution in [3.05, 3.63) is 78.6 Å². The number of nitrogens with one attached hydrogen (secondary N) is 2. The molecule has 2 heterocycles. The van der Waals surface area contributed by atoms with Crippen LogP contribution in [0.4, 0.5) is 22.1 Å². The number of ether oxygens (including phenoxy) is 1. The molecular weight excluding hydrogens is 460 g/mol. The lowest BCUT2D eigenvalue weighted by Gasteiger charge is -2.14. The van der Waals surface area contributed by atoms with Crippen LogP contribution in [0.2, 0.25) is 0 Å². The molecule has 0 fully saturated rings. The second-order valence-electron chi connectivity index (χ2n) is 8.87. The zero-order valence-corrected chi connectivity index (χ0v) is 20.9. The quantitative estimate of drug-likeness (QED) is 0.275. The molecule has 4 N–H and O–H groups in total. The summed E-state index contributed by atoms with van der Waals surface area (Å²) in [5.41, 5.74) is 7.96. The number of anilines is 3. The van der Waals surface area contributed by atoms with E-state index in [2.05, 4.69) is 36.4 Å². The van der Waals surface area contributed by atoms with Crippen LogP contribution in [-0.2, 0) is 5.41 Å². The Kier molecular flexibility index (Phi) is 6.97. The molecule has 0 radical (unpaired) electrons. The van der Waals surface area contributed by atoms with E-state index in [-0.39, 0.29) is 11.4 Å². The summed E-state index contributed by atoms with van der Waals surface area (Å²) in [5.74, 6) is 2.18. The molecule has 4 aromatic rings. The van der Waals surface area contributed by atoms with Crippen LogP contribution in [0.1, 0.15) is 26.5 Å². The van der Waals surface area contributed by atoms with Gasteiger partial charge in [-0.3, -0.25) is 5.32 Å². The van der Waals surface area contributed by atoms with Gasteiger partial charge in [0.25, 0.3) is 0 Å². The standard InChI is InChI=1S/C26H28N6O2S/c1-26(2,3)22-16-24(32(31-22)17-8-6-5-7-9-17)30-25(33)29-20-11-10-18(14-21(20)35-4)34-19-12-13-28-23(27)15-19/h5-16H,1-4H3,(H2,27,28)(H2,29,30,33). The highest BCUT2D eigenvalue weighted by molar-refractivity contribution is 7.98. The Bertz CT molecular complexity index is 1330. The molecule has 0 spiro atoms. The Morgan fingerprint density at radius 2 is 1.74 bits per heavy atom. The van der Waals surface area contributed by atoms with E-state index < -0.39 is 0 Å². The fraction of sp³-hybridized carbons (Fsp3) is 0.192. The molecule has 0 bridgehead atoms. The van der Waals surface area contributed by atoms with E-state index in [0.29, 0.717) is 28.8 Å². The third-order valence-corrected chi connectivity index (χ3v) is 5.91. The fourth-order valence-electron chi connectivity index (χ4n) is 3.34. The van der Waals surface area contributed by atoms with Gasteiger partial charge in [-0.2, -0.15) is 5.10 Å². The molecule has 35 heavy (non-hydrogen) atoms. The van der Waals surface area contributed by atoms with Crippen molar-refractivity contribution in [3.63, 3.8) is 0 Å². The van der Waals surface area contributed by atoms with Crippen LogP contribution in [-0.4, -0.2) is 27.1 Å². The first-order valence-corrected chi connectivity index (χ1v) is 12.3. The molecule has 0 atom stereocenters. The van der Waals surface area contributed by atoms with Crippen molar-refractivity contribution in [2.75, 3.05) is 22.6 Å². The number of nitrogen functional groups attached to an aromatic ring is 1. The summed E-state index contributed by atoms with van der Waals surface area (Å²) in [5, 5.41) is 10.6. The average Bonchev–Trinajstić information content (AvgIpc) is 3.25. The first kappa shape index (κ1) is 24.2. The van der Waals surface area contributed by atoms with Gasteiger partial charge in [0.15, 0.2) is 0 Å². The van der Waals surface area contributed by atoms with Gasteiger partial charge in [0.1, 0.15) is 23.1 Å². The number of rotatable bonds is 6. The van der Waals surface area contributed by atoms with E-state index in [1.54, 1.807) is 35.1 Å². The molecule has 0 saturated heterocycles. The summed E-state index contributed by atoms with van der Waals surface area (Å²) in [4.78, 5) is 17.8. The molecular formula is C26H28N6O2S. The van der Waals surface area contributed by atoms with E-state index in [4.69, 9.17) is 15.6 Å². The molecule has 0 unspecified atom stereocenters. The molecule has 8 nitrogen and oxygen atoms in total. The van der Waals surface area contributed by atoms with Crippen LogP contribution in [0, 0.1) is 0 Å². The van der Waals surface area contributed by atoms with Gasteiger partial charge in [0.2, 0.25) is 0 Å². The van der Waals surface area contributed by atoms with Crippen LogP contribution in [0.25, 0.3) is 5.69 Å². The van der Waals surface area contributed by atoms with Crippen molar-refractivity contribution in [2.45, 2.75) is 31.1 Å². The maximum Gasteiger partial charge on any atom is 0.324 e. The largest absolute Gasteiger partial charge is 0.457 e. The summed E-state index contributed by atoms with van der Waals surface area (Å²) < 4.78 is 7.63. The number of hydrogen-bond donors (Lipinski definition) is 3. The fourth-order valence-corrected chi connectivity index (χ4v) is 3.91. The van der Waals surface area contributed by atoms with Crippen LogP contribution < -0.4 is 21.1 Å². The first-order chi connectivity index (χ1) is 16.7. The van der Waals surface area contributed by atoms with Gasteiger partial charge in [0, 0.05) is 28.6 Å². The van der Waals surface area contributed by atoms with E-state index in [9.17, 15) is 4.79 Å². The number of para-hydroxylation sites is 1. The van der Waals surface area contributed by atoms with Crippen molar-refractivity contribution in [3.8, 4) is 17.2 Å². The highest BCUT2D eigenvalue weighted by atomic mass is 32.2. The third-order valence-electron chi connectivity index (χ3n) is 5.13. The molecule has 4 rings (SSSR count).